The summed E-state index contributed by atoms with van der Waals surface area (Å²) < 4.78 is 27.6. The number of rotatable bonds is 6. The van der Waals surface area contributed by atoms with Crippen LogP contribution in [0, 0.1) is 5.92 Å². The van der Waals surface area contributed by atoms with Gasteiger partial charge < -0.3 is 15.4 Å². The Bertz CT molecular complexity index is 757. The van der Waals surface area contributed by atoms with Crippen LogP contribution in [0.5, 0.6) is 0 Å². The van der Waals surface area contributed by atoms with Gasteiger partial charge in [-0.15, -0.1) is 0 Å². The first-order valence-electron chi connectivity index (χ1n) is 7.77. The van der Waals surface area contributed by atoms with Gasteiger partial charge in [0.05, 0.1) is 11.5 Å². The number of nitrogens with one attached hydrogen (secondary N) is 2. The van der Waals surface area contributed by atoms with Gasteiger partial charge in [-0.05, 0) is 36.6 Å². The Balaban J connectivity index is 1.73. The standard InChI is InChI=1S/C16H20N2O6S/c1-11(19)17-13-2-4-14(5-3-13)18-15(20)9-24-16(21)8-12-6-7-25(22,23)10-12/h2-5,12H,6-10H2,1H3,(H,17,19)(H,18,20)/t12-/m0/s1. The van der Waals surface area contributed by atoms with E-state index >= 15 is 0 Å². The second-order valence-electron chi connectivity index (χ2n) is 5.94. The number of esters is 1. The van der Waals surface area contributed by atoms with Gasteiger partial charge in [0.15, 0.2) is 16.4 Å². The van der Waals surface area contributed by atoms with Gasteiger partial charge in [-0.2, -0.15) is 0 Å². The molecule has 25 heavy (non-hydrogen) atoms. The normalized spacial score (nSPS) is 18.4. The van der Waals surface area contributed by atoms with Crippen LogP contribution in [-0.2, 0) is 29.0 Å². The average Bonchev–Trinajstić information content (AvgIpc) is 2.85. The summed E-state index contributed by atoms with van der Waals surface area (Å²) in [6.45, 7) is 0.955. The molecule has 2 amide bonds. The van der Waals surface area contributed by atoms with Gasteiger partial charge in [0.1, 0.15) is 0 Å². The molecule has 1 aromatic rings. The van der Waals surface area contributed by atoms with Crippen LogP contribution in [0.25, 0.3) is 0 Å². The number of hydrogen-bond acceptors (Lipinski definition) is 6. The van der Waals surface area contributed by atoms with E-state index in [2.05, 4.69) is 10.6 Å². The fourth-order valence-corrected chi connectivity index (χ4v) is 4.37. The molecule has 0 aliphatic carbocycles. The molecule has 1 heterocycles. The minimum Gasteiger partial charge on any atom is -0.456 e. The lowest BCUT2D eigenvalue weighted by Crippen LogP contribution is -2.22. The molecular formula is C16H20N2O6S. The highest BCUT2D eigenvalue weighted by Gasteiger charge is 2.29. The third kappa shape index (κ3) is 6.54. The van der Waals surface area contributed by atoms with Crippen LogP contribution in [0.4, 0.5) is 11.4 Å². The summed E-state index contributed by atoms with van der Waals surface area (Å²) in [4.78, 5) is 34.4. The molecule has 9 heteroatoms. The third-order valence-corrected chi connectivity index (χ3v) is 5.47. The van der Waals surface area contributed by atoms with Crippen LogP contribution >= 0.6 is 0 Å². The summed E-state index contributed by atoms with van der Waals surface area (Å²) in [6.07, 6.45) is 0.447. The fraction of sp³-hybridized carbons (Fsp3) is 0.438. The highest BCUT2D eigenvalue weighted by molar-refractivity contribution is 7.91. The number of sulfone groups is 1. The van der Waals surface area contributed by atoms with E-state index in [-0.39, 0.29) is 29.8 Å². The summed E-state index contributed by atoms with van der Waals surface area (Å²) in [5, 5.41) is 5.16. The van der Waals surface area contributed by atoms with Crippen molar-refractivity contribution >= 4 is 39.0 Å². The topological polar surface area (TPSA) is 119 Å². The Morgan fingerprint density at radius 3 is 2.24 bits per heavy atom. The molecule has 0 spiro atoms. The Kier molecular flexibility index (Phi) is 6.13. The first-order chi connectivity index (χ1) is 11.7. The third-order valence-electron chi connectivity index (χ3n) is 3.64. The van der Waals surface area contributed by atoms with Gasteiger partial charge in [0, 0.05) is 24.7 Å². The Morgan fingerprint density at radius 1 is 1.12 bits per heavy atom. The number of anilines is 2. The molecule has 1 aliphatic rings. The maximum Gasteiger partial charge on any atom is 0.306 e. The van der Waals surface area contributed by atoms with Crippen molar-refractivity contribution < 1.29 is 27.5 Å². The summed E-state index contributed by atoms with van der Waals surface area (Å²) in [7, 11) is -3.04. The Morgan fingerprint density at radius 2 is 1.72 bits per heavy atom. The molecule has 1 saturated heterocycles. The second kappa shape index (κ2) is 8.11. The zero-order valence-corrected chi connectivity index (χ0v) is 14.6. The van der Waals surface area contributed by atoms with Crippen LogP contribution in [0.3, 0.4) is 0 Å². The Labute approximate surface area is 145 Å². The lowest BCUT2D eigenvalue weighted by Gasteiger charge is -2.09. The predicted molar refractivity (Wildman–Crippen MR) is 91.7 cm³/mol. The van der Waals surface area contributed by atoms with Gasteiger partial charge in [-0.1, -0.05) is 0 Å². The number of carbonyl (C=O) groups is 3. The number of hydrogen-bond donors (Lipinski definition) is 2. The van der Waals surface area contributed by atoms with E-state index in [1.54, 1.807) is 24.3 Å². The van der Waals surface area contributed by atoms with E-state index in [0.29, 0.717) is 17.8 Å². The lowest BCUT2D eigenvalue weighted by molar-refractivity contribution is -0.148. The minimum absolute atomic E-state index is 0.00206. The van der Waals surface area contributed by atoms with E-state index in [0.717, 1.165) is 0 Å². The summed E-state index contributed by atoms with van der Waals surface area (Å²) in [6, 6.07) is 6.47. The molecule has 0 saturated carbocycles. The van der Waals surface area contributed by atoms with Gasteiger partial charge in [0.2, 0.25) is 5.91 Å². The van der Waals surface area contributed by atoms with Crippen molar-refractivity contribution in [1.29, 1.82) is 0 Å². The molecule has 2 N–H and O–H groups in total. The summed E-state index contributed by atoms with van der Waals surface area (Å²) in [5.41, 5.74) is 1.10. The van der Waals surface area contributed by atoms with Crippen LogP contribution in [0.15, 0.2) is 24.3 Å². The van der Waals surface area contributed by atoms with E-state index in [9.17, 15) is 22.8 Å². The van der Waals surface area contributed by atoms with Gasteiger partial charge in [0.25, 0.3) is 5.91 Å². The van der Waals surface area contributed by atoms with Crippen molar-refractivity contribution in [3.63, 3.8) is 0 Å². The van der Waals surface area contributed by atoms with Gasteiger partial charge in [-0.3, -0.25) is 14.4 Å². The summed E-state index contributed by atoms with van der Waals surface area (Å²) in [5.74, 6) is -1.42. The predicted octanol–water partition coefficient (Wildman–Crippen LogP) is 0.951. The number of ether oxygens (including phenoxy) is 1. The molecule has 1 aromatic carbocycles. The quantitative estimate of drug-likeness (QED) is 0.722. The van der Waals surface area contributed by atoms with E-state index in [1.165, 1.54) is 6.92 Å². The van der Waals surface area contributed by atoms with Crippen LogP contribution < -0.4 is 10.6 Å². The molecule has 1 atom stereocenters. The van der Waals surface area contributed by atoms with E-state index < -0.39 is 28.3 Å². The van der Waals surface area contributed by atoms with Gasteiger partial charge >= 0.3 is 5.97 Å². The number of carbonyl (C=O) groups excluding carboxylic acids is 3. The summed E-state index contributed by atoms with van der Waals surface area (Å²) >= 11 is 0. The van der Waals surface area contributed by atoms with Crippen LogP contribution in [-0.4, -0.2) is 44.3 Å². The van der Waals surface area contributed by atoms with Crippen molar-refractivity contribution in [3.05, 3.63) is 24.3 Å². The zero-order chi connectivity index (χ0) is 18.4. The smallest absolute Gasteiger partial charge is 0.306 e. The van der Waals surface area contributed by atoms with E-state index in [1.807, 2.05) is 0 Å². The Hall–Kier alpha value is -2.42. The molecular weight excluding hydrogens is 348 g/mol. The number of benzene rings is 1. The lowest BCUT2D eigenvalue weighted by atomic mass is 10.1. The van der Waals surface area contributed by atoms with Crippen molar-refractivity contribution in [1.82, 2.24) is 0 Å². The highest BCUT2D eigenvalue weighted by Crippen LogP contribution is 2.21. The maximum absolute atomic E-state index is 11.8. The molecule has 136 valence electrons. The average molecular weight is 368 g/mol. The molecule has 0 radical (unpaired) electrons. The highest BCUT2D eigenvalue weighted by atomic mass is 32.2. The largest absolute Gasteiger partial charge is 0.456 e. The molecule has 0 aromatic heterocycles. The van der Waals surface area contributed by atoms with Crippen molar-refractivity contribution in [3.8, 4) is 0 Å². The van der Waals surface area contributed by atoms with Crippen LogP contribution in [0.1, 0.15) is 19.8 Å². The monoisotopic (exact) mass is 368 g/mol. The first-order valence-corrected chi connectivity index (χ1v) is 9.59. The zero-order valence-electron chi connectivity index (χ0n) is 13.8. The van der Waals surface area contributed by atoms with E-state index in [4.69, 9.17) is 4.74 Å². The van der Waals surface area contributed by atoms with Crippen LogP contribution in [0.2, 0.25) is 0 Å². The molecule has 1 aliphatic heterocycles. The van der Waals surface area contributed by atoms with Crippen molar-refractivity contribution in [2.24, 2.45) is 5.92 Å². The molecule has 2 rings (SSSR count). The molecule has 1 fully saturated rings. The minimum atomic E-state index is -3.04. The van der Waals surface area contributed by atoms with Crippen molar-refractivity contribution in [2.45, 2.75) is 19.8 Å². The SMILES string of the molecule is CC(=O)Nc1ccc(NC(=O)COC(=O)C[C@@H]2CCS(=O)(=O)C2)cc1. The molecule has 8 nitrogen and oxygen atoms in total. The second-order valence-corrected chi connectivity index (χ2v) is 8.17. The maximum atomic E-state index is 11.8. The first kappa shape index (κ1) is 18.9. The van der Waals surface area contributed by atoms with Crippen molar-refractivity contribution in [2.75, 3.05) is 28.7 Å². The number of amides is 2. The molecule has 0 unspecified atom stereocenters. The fourth-order valence-electron chi connectivity index (χ4n) is 2.51. The molecule has 0 bridgehead atoms. The van der Waals surface area contributed by atoms with Gasteiger partial charge in [-0.25, -0.2) is 8.42 Å².